The van der Waals surface area contributed by atoms with Crippen LogP contribution in [0.1, 0.15) is 11.1 Å². The zero-order valence-corrected chi connectivity index (χ0v) is 13.1. The van der Waals surface area contributed by atoms with Gasteiger partial charge in [-0.15, -0.1) is 13.2 Å². The number of aromatic nitrogens is 1. The summed E-state index contributed by atoms with van der Waals surface area (Å²) in [5.74, 6) is 0.394. The molecular formula is C18H15F3N2O. The number of rotatable bonds is 3. The standard InChI is InChI=1S/C18H15F3N2O/c1-11-3-8-15-16(9-11)12(2)10-22-17(15)23-13-4-6-14(7-5-13)24-18(19,20)21/h3-10H,1-2H3,(H,22,23). The zero-order valence-electron chi connectivity index (χ0n) is 13.1. The van der Waals surface area contributed by atoms with Crippen molar-refractivity contribution >= 4 is 22.3 Å². The highest BCUT2D eigenvalue weighted by Crippen LogP contribution is 2.29. The third-order valence-electron chi connectivity index (χ3n) is 3.59. The van der Waals surface area contributed by atoms with E-state index >= 15 is 0 Å². The van der Waals surface area contributed by atoms with Gasteiger partial charge in [-0.2, -0.15) is 0 Å². The zero-order chi connectivity index (χ0) is 17.3. The minimum atomic E-state index is -4.69. The van der Waals surface area contributed by atoms with Gasteiger partial charge in [0.15, 0.2) is 0 Å². The molecule has 24 heavy (non-hydrogen) atoms. The lowest BCUT2D eigenvalue weighted by Gasteiger charge is -2.12. The van der Waals surface area contributed by atoms with Crippen LogP contribution < -0.4 is 10.1 Å². The van der Waals surface area contributed by atoms with Crippen LogP contribution in [0.5, 0.6) is 5.75 Å². The summed E-state index contributed by atoms with van der Waals surface area (Å²) in [5.41, 5.74) is 2.84. The summed E-state index contributed by atoms with van der Waals surface area (Å²) in [6, 6.07) is 11.6. The number of benzene rings is 2. The second-order valence-electron chi connectivity index (χ2n) is 5.54. The summed E-state index contributed by atoms with van der Waals surface area (Å²) in [6.07, 6.45) is -2.92. The number of hydrogen-bond donors (Lipinski definition) is 1. The van der Waals surface area contributed by atoms with Crippen molar-refractivity contribution in [1.82, 2.24) is 4.98 Å². The fourth-order valence-corrected chi connectivity index (χ4v) is 2.47. The van der Waals surface area contributed by atoms with Crippen LogP contribution in [-0.2, 0) is 0 Å². The second kappa shape index (κ2) is 6.03. The third-order valence-corrected chi connectivity index (χ3v) is 3.59. The predicted octanol–water partition coefficient (Wildman–Crippen LogP) is 5.49. The van der Waals surface area contributed by atoms with Crippen molar-refractivity contribution in [2.45, 2.75) is 20.2 Å². The number of aryl methyl sites for hydroxylation is 2. The van der Waals surface area contributed by atoms with Gasteiger partial charge in [-0.05, 0) is 49.1 Å². The Balaban J connectivity index is 1.89. The largest absolute Gasteiger partial charge is 0.573 e. The van der Waals surface area contributed by atoms with Crippen molar-refractivity contribution in [3.63, 3.8) is 0 Å². The van der Waals surface area contributed by atoms with E-state index < -0.39 is 6.36 Å². The first-order chi connectivity index (χ1) is 11.3. The topological polar surface area (TPSA) is 34.1 Å². The second-order valence-corrected chi connectivity index (χ2v) is 5.54. The molecule has 3 aromatic rings. The molecule has 1 aromatic heterocycles. The Morgan fingerprint density at radius 2 is 1.67 bits per heavy atom. The molecule has 3 nitrogen and oxygen atoms in total. The molecule has 1 heterocycles. The van der Waals surface area contributed by atoms with E-state index in [1.165, 1.54) is 24.3 Å². The van der Waals surface area contributed by atoms with E-state index in [1.807, 2.05) is 26.0 Å². The van der Waals surface area contributed by atoms with Crippen molar-refractivity contribution in [3.8, 4) is 5.75 Å². The Morgan fingerprint density at radius 3 is 2.33 bits per heavy atom. The van der Waals surface area contributed by atoms with Crippen LogP contribution in [0.2, 0.25) is 0 Å². The van der Waals surface area contributed by atoms with E-state index in [-0.39, 0.29) is 5.75 Å². The Morgan fingerprint density at radius 1 is 0.958 bits per heavy atom. The van der Waals surface area contributed by atoms with Crippen molar-refractivity contribution in [2.75, 3.05) is 5.32 Å². The van der Waals surface area contributed by atoms with E-state index in [0.717, 1.165) is 21.9 Å². The number of halogens is 3. The summed E-state index contributed by atoms with van der Waals surface area (Å²) in [4.78, 5) is 4.39. The van der Waals surface area contributed by atoms with Gasteiger partial charge in [-0.1, -0.05) is 23.8 Å². The quantitative estimate of drug-likeness (QED) is 0.688. The lowest BCUT2D eigenvalue weighted by Crippen LogP contribution is -2.16. The Bertz CT molecular complexity index is 874. The van der Waals surface area contributed by atoms with Crippen LogP contribution in [0.3, 0.4) is 0 Å². The van der Waals surface area contributed by atoms with Gasteiger partial charge >= 0.3 is 6.36 Å². The summed E-state index contributed by atoms with van der Waals surface area (Å²) < 4.78 is 40.4. The van der Waals surface area contributed by atoms with Crippen molar-refractivity contribution in [1.29, 1.82) is 0 Å². The van der Waals surface area contributed by atoms with Gasteiger partial charge in [-0.3, -0.25) is 0 Å². The number of anilines is 2. The summed E-state index contributed by atoms with van der Waals surface area (Å²) >= 11 is 0. The molecule has 0 fully saturated rings. The van der Waals surface area contributed by atoms with Gasteiger partial charge in [-0.25, -0.2) is 4.98 Å². The van der Waals surface area contributed by atoms with E-state index in [4.69, 9.17) is 0 Å². The first-order valence-electron chi connectivity index (χ1n) is 7.31. The molecule has 3 rings (SSSR count). The highest BCUT2D eigenvalue weighted by atomic mass is 19.4. The Kier molecular flexibility index (Phi) is 4.05. The van der Waals surface area contributed by atoms with Gasteiger partial charge in [0.1, 0.15) is 11.6 Å². The molecule has 0 atom stereocenters. The number of ether oxygens (including phenoxy) is 1. The molecule has 0 aliphatic carbocycles. The Labute approximate surface area is 137 Å². The first kappa shape index (κ1) is 16.1. The number of nitrogens with zero attached hydrogens (tertiary/aromatic N) is 1. The molecule has 0 unspecified atom stereocenters. The van der Waals surface area contributed by atoms with Crippen molar-refractivity contribution < 1.29 is 17.9 Å². The summed E-state index contributed by atoms with van der Waals surface area (Å²) in [7, 11) is 0. The number of hydrogen-bond acceptors (Lipinski definition) is 3. The van der Waals surface area contributed by atoms with Crippen LogP contribution in [0, 0.1) is 13.8 Å². The van der Waals surface area contributed by atoms with Crippen LogP contribution in [-0.4, -0.2) is 11.3 Å². The van der Waals surface area contributed by atoms with Gasteiger partial charge in [0.25, 0.3) is 0 Å². The number of alkyl halides is 3. The molecule has 6 heteroatoms. The summed E-state index contributed by atoms with van der Waals surface area (Å²) in [6.45, 7) is 4.01. The van der Waals surface area contributed by atoms with Gasteiger partial charge < -0.3 is 10.1 Å². The number of pyridine rings is 1. The fourth-order valence-electron chi connectivity index (χ4n) is 2.47. The molecule has 0 bridgehead atoms. The van der Waals surface area contributed by atoms with Crippen molar-refractivity contribution in [2.24, 2.45) is 0 Å². The monoisotopic (exact) mass is 332 g/mol. The Hall–Kier alpha value is -2.76. The smallest absolute Gasteiger partial charge is 0.406 e. The maximum absolute atomic E-state index is 12.2. The average molecular weight is 332 g/mol. The molecule has 0 amide bonds. The van der Waals surface area contributed by atoms with E-state index in [1.54, 1.807) is 6.20 Å². The van der Waals surface area contributed by atoms with Gasteiger partial charge in [0, 0.05) is 17.3 Å². The fraction of sp³-hybridized carbons (Fsp3) is 0.167. The van der Waals surface area contributed by atoms with E-state index in [9.17, 15) is 13.2 Å². The molecule has 0 aliphatic heterocycles. The van der Waals surface area contributed by atoms with E-state index in [0.29, 0.717) is 11.5 Å². The SMILES string of the molecule is Cc1ccc2c(Nc3ccc(OC(F)(F)F)cc3)ncc(C)c2c1. The molecule has 0 aliphatic rings. The van der Waals surface area contributed by atoms with Crippen LogP contribution in [0.4, 0.5) is 24.7 Å². The molecule has 0 spiro atoms. The van der Waals surface area contributed by atoms with Crippen LogP contribution >= 0.6 is 0 Å². The van der Waals surface area contributed by atoms with E-state index in [2.05, 4.69) is 21.1 Å². The van der Waals surface area contributed by atoms with Gasteiger partial charge in [0.05, 0.1) is 0 Å². The highest BCUT2D eigenvalue weighted by Gasteiger charge is 2.30. The molecule has 0 saturated heterocycles. The molecular weight excluding hydrogens is 317 g/mol. The predicted molar refractivity (Wildman–Crippen MR) is 87.6 cm³/mol. The first-order valence-corrected chi connectivity index (χ1v) is 7.31. The molecule has 2 aromatic carbocycles. The third kappa shape index (κ3) is 3.59. The lowest BCUT2D eigenvalue weighted by molar-refractivity contribution is -0.274. The molecule has 1 N–H and O–H groups in total. The number of nitrogens with one attached hydrogen (secondary N) is 1. The van der Waals surface area contributed by atoms with Crippen LogP contribution in [0.25, 0.3) is 10.8 Å². The van der Waals surface area contributed by atoms with Gasteiger partial charge in [0.2, 0.25) is 0 Å². The maximum Gasteiger partial charge on any atom is 0.573 e. The molecule has 124 valence electrons. The summed E-state index contributed by atoms with van der Waals surface area (Å²) in [5, 5.41) is 5.18. The highest BCUT2D eigenvalue weighted by molar-refractivity contribution is 5.95. The molecule has 0 saturated carbocycles. The normalized spacial score (nSPS) is 11.5. The lowest BCUT2D eigenvalue weighted by atomic mass is 10.1. The number of fused-ring (bicyclic) bond motifs is 1. The minimum Gasteiger partial charge on any atom is -0.406 e. The molecule has 0 radical (unpaired) electrons. The van der Waals surface area contributed by atoms with Crippen molar-refractivity contribution in [3.05, 3.63) is 59.8 Å². The average Bonchev–Trinajstić information content (AvgIpc) is 2.51. The van der Waals surface area contributed by atoms with Crippen LogP contribution in [0.15, 0.2) is 48.7 Å². The maximum atomic E-state index is 12.2. The minimum absolute atomic E-state index is 0.259.